The predicted octanol–water partition coefficient (Wildman–Crippen LogP) is 2.22. The Morgan fingerprint density at radius 1 is 0.974 bits per heavy atom. The number of rotatable bonds is 7. The molecule has 0 aliphatic carbocycles. The van der Waals surface area contributed by atoms with Crippen molar-refractivity contribution in [1.29, 1.82) is 0 Å². The lowest BCUT2D eigenvalue weighted by Crippen LogP contribution is -2.31. The minimum absolute atomic E-state index is 0.00368. The van der Waals surface area contributed by atoms with E-state index in [9.17, 15) is 26.4 Å². The van der Waals surface area contributed by atoms with Crippen LogP contribution in [0.2, 0.25) is 0 Å². The predicted molar refractivity (Wildman–Crippen MR) is 141 cm³/mol. The number of hydrogen-bond donors (Lipinski definition) is 1. The summed E-state index contributed by atoms with van der Waals surface area (Å²) in [6, 6.07) is 9.90. The molecule has 3 aromatic rings. The zero-order valence-electron chi connectivity index (χ0n) is 20.7. The smallest absolute Gasteiger partial charge is 0.307 e. The number of ether oxygens (including phenoxy) is 1. The molecule has 2 heterocycles. The van der Waals surface area contributed by atoms with Crippen LogP contribution in [0, 0.1) is 0 Å². The number of aryl methyl sites for hydroxylation is 1. The maximum atomic E-state index is 13.0. The maximum Gasteiger partial charge on any atom is 0.307 e. The van der Waals surface area contributed by atoms with Gasteiger partial charge in [0.05, 0.1) is 33.5 Å². The normalized spacial score (nSPS) is 15.9. The molecule has 1 aliphatic heterocycles. The molecule has 14 heteroatoms. The summed E-state index contributed by atoms with van der Waals surface area (Å²) in [7, 11) is -6.34. The molecule has 0 radical (unpaired) electrons. The van der Waals surface area contributed by atoms with Crippen molar-refractivity contribution in [2.45, 2.75) is 48.4 Å². The van der Waals surface area contributed by atoms with Crippen LogP contribution in [0.4, 0.5) is 0 Å². The van der Waals surface area contributed by atoms with Crippen LogP contribution in [-0.4, -0.2) is 57.8 Å². The van der Waals surface area contributed by atoms with Crippen LogP contribution in [0.25, 0.3) is 10.2 Å². The number of carbonyl (C=O) groups is 2. The number of nitrogens with zero attached hydrogens (tertiary/aromatic N) is 3. The summed E-state index contributed by atoms with van der Waals surface area (Å²) >= 11 is 1.07. The number of methoxy groups -OCH3 is 1. The molecule has 38 heavy (non-hydrogen) atoms. The molecule has 1 amide bonds. The molecule has 4 rings (SSSR count). The number of thiazole rings is 1. The fraction of sp³-hybridized carbons (Fsp3) is 0.375. The van der Waals surface area contributed by atoms with Crippen molar-refractivity contribution >= 4 is 53.5 Å². The van der Waals surface area contributed by atoms with E-state index in [-0.39, 0.29) is 33.1 Å². The molecule has 0 saturated carbocycles. The molecule has 0 bridgehead atoms. The molecule has 1 aliphatic rings. The standard InChI is InChI=1S/C24H28N4O7S3/c1-35-22(29)12-15-28-20-11-10-19(37(25,31)32)16-21(20)36-24(28)26-23(30)17-6-8-18(9-7-17)38(33,34)27-13-4-2-3-5-14-27/h6-11,16H,2-5,12-15H2,1H3,(H2,25,31,32). The number of sulfonamides is 2. The Morgan fingerprint density at radius 2 is 1.61 bits per heavy atom. The largest absolute Gasteiger partial charge is 0.469 e. The number of benzene rings is 2. The van der Waals surface area contributed by atoms with Crippen LogP contribution >= 0.6 is 11.3 Å². The Bertz CT molecular complexity index is 1630. The third-order valence-corrected chi connectivity index (χ3v) is 10.1. The Hall–Kier alpha value is -2.91. The minimum atomic E-state index is -3.95. The first kappa shape index (κ1) is 28.1. The molecule has 2 N–H and O–H groups in total. The number of carbonyl (C=O) groups excluding carboxylic acids is 2. The van der Waals surface area contributed by atoms with Crippen LogP contribution in [0.1, 0.15) is 42.5 Å². The van der Waals surface area contributed by atoms with Gasteiger partial charge in [0, 0.05) is 25.2 Å². The number of primary sulfonamides is 1. The third kappa shape index (κ3) is 6.21. The highest BCUT2D eigenvalue weighted by atomic mass is 32.2. The summed E-state index contributed by atoms with van der Waals surface area (Å²) in [5.74, 6) is -1.08. The highest BCUT2D eigenvalue weighted by molar-refractivity contribution is 7.89. The van der Waals surface area contributed by atoms with Gasteiger partial charge in [0.2, 0.25) is 20.0 Å². The summed E-state index contributed by atoms with van der Waals surface area (Å²) in [5.41, 5.74) is 0.749. The van der Waals surface area contributed by atoms with Crippen LogP contribution in [0.3, 0.4) is 0 Å². The van der Waals surface area contributed by atoms with Crippen LogP contribution in [0.5, 0.6) is 0 Å². The number of esters is 1. The van der Waals surface area contributed by atoms with Gasteiger partial charge in [-0.25, -0.2) is 22.0 Å². The van der Waals surface area contributed by atoms with Crippen molar-refractivity contribution in [3.63, 3.8) is 0 Å². The second kappa shape index (κ2) is 11.5. The molecule has 0 atom stereocenters. The summed E-state index contributed by atoms with van der Waals surface area (Å²) in [6.45, 7) is 1.09. The molecule has 2 aromatic carbocycles. The van der Waals surface area contributed by atoms with E-state index in [0.717, 1.165) is 37.0 Å². The first-order valence-electron chi connectivity index (χ1n) is 11.9. The Labute approximate surface area is 224 Å². The molecule has 0 spiro atoms. The topological polar surface area (TPSA) is 158 Å². The highest BCUT2D eigenvalue weighted by Crippen LogP contribution is 2.23. The second-order valence-corrected chi connectivity index (χ2v) is 13.3. The van der Waals surface area contributed by atoms with E-state index in [4.69, 9.17) is 9.88 Å². The zero-order chi connectivity index (χ0) is 27.5. The number of fused-ring (bicyclic) bond motifs is 1. The van der Waals surface area contributed by atoms with Crippen molar-refractivity contribution in [2.24, 2.45) is 10.1 Å². The van der Waals surface area contributed by atoms with Crippen molar-refractivity contribution in [3.05, 3.63) is 52.8 Å². The van der Waals surface area contributed by atoms with Crippen LogP contribution in [0.15, 0.2) is 57.2 Å². The molecule has 11 nitrogen and oxygen atoms in total. The Kier molecular flexibility index (Phi) is 8.47. The van der Waals surface area contributed by atoms with Crippen LogP contribution < -0.4 is 9.94 Å². The Morgan fingerprint density at radius 3 is 2.21 bits per heavy atom. The number of hydrogen-bond acceptors (Lipinski definition) is 8. The van der Waals surface area contributed by atoms with Gasteiger partial charge in [0.1, 0.15) is 0 Å². The van der Waals surface area contributed by atoms with E-state index in [0.29, 0.717) is 23.3 Å². The van der Waals surface area contributed by atoms with E-state index < -0.39 is 31.9 Å². The zero-order valence-corrected chi connectivity index (χ0v) is 23.1. The highest BCUT2D eigenvalue weighted by Gasteiger charge is 2.25. The third-order valence-electron chi connectivity index (χ3n) is 6.25. The monoisotopic (exact) mass is 580 g/mol. The second-order valence-electron chi connectivity index (χ2n) is 8.80. The van der Waals surface area contributed by atoms with Gasteiger partial charge in [-0.2, -0.15) is 9.30 Å². The summed E-state index contributed by atoms with van der Waals surface area (Å²) in [6.07, 6.45) is 3.64. The molecule has 1 saturated heterocycles. The van der Waals surface area contributed by atoms with Gasteiger partial charge in [-0.05, 0) is 55.3 Å². The van der Waals surface area contributed by atoms with Gasteiger partial charge in [-0.3, -0.25) is 9.59 Å². The van der Waals surface area contributed by atoms with Gasteiger partial charge in [0.25, 0.3) is 5.91 Å². The summed E-state index contributed by atoms with van der Waals surface area (Å²) < 4.78 is 58.0. The number of aromatic nitrogens is 1. The summed E-state index contributed by atoms with van der Waals surface area (Å²) in [4.78, 5) is 29.2. The van der Waals surface area contributed by atoms with E-state index in [2.05, 4.69) is 4.99 Å². The quantitative estimate of drug-likeness (QED) is 0.420. The lowest BCUT2D eigenvalue weighted by molar-refractivity contribution is -0.140. The summed E-state index contributed by atoms with van der Waals surface area (Å²) in [5, 5.41) is 5.25. The first-order chi connectivity index (χ1) is 18.0. The van der Waals surface area contributed by atoms with E-state index >= 15 is 0 Å². The fourth-order valence-electron chi connectivity index (χ4n) is 4.19. The SMILES string of the molecule is COC(=O)CCn1c(=NC(=O)c2ccc(S(=O)(=O)N3CCCCCC3)cc2)sc2cc(S(N)(=O)=O)ccc21. The van der Waals surface area contributed by atoms with E-state index in [1.165, 1.54) is 53.9 Å². The molecular weight excluding hydrogens is 552 g/mol. The number of nitrogens with two attached hydrogens (primary N) is 1. The van der Waals surface area contributed by atoms with Gasteiger partial charge in [0.15, 0.2) is 4.80 Å². The minimum Gasteiger partial charge on any atom is -0.469 e. The van der Waals surface area contributed by atoms with Crippen molar-refractivity contribution in [3.8, 4) is 0 Å². The lowest BCUT2D eigenvalue weighted by atomic mass is 10.2. The van der Waals surface area contributed by atoms with Gasteiger partial charge in [-0.15, -0.1) is 0 Å². The van der Waals surface area contributed by atoms with Crippen molar-refractivity contribution in [1.82, 2.24) is 8.87 Å². The van der Waals surface area contributed by atoms with Gasteiger partial charge < -0.3 is 9.30 Å². The number of amides is 1. The molecular formula is C24H28N4O7S3. The molecule has 1 aromatic heterocycles. The average molecular weight is 581 g/mol. The molecule has 1 fully saturated rings. The maximum absolute atomic E-state index is 13.0. The molecule has 0 unspecified atom stereocenters. The Balaban J connectivity index is 1.68. The van der Waals surface area contributed by atoms with E-state index in [1.807, 2.05) is 0 Å². The van der Waals surface area contributed by atoms with Crippen molar-refractivity contribution in [2.75, 3.05) is 20.2 Å². The first-order valence-corrected chi connectivity index (χ1v) is 15.7. The van der Waals surface area contributed by atoms with Gasteiger partial charge in [-0.1, -0.05) is 24.2 Å². The van der Waals surface area contributed by atoms with Crippen molar-refractivity contribution < 1.29 is 31.2 Å². The van der Waals surface area contributed by atoms with Crippen LogP contribution in [-0.2, 0) is 36.1 Å². The fourth-order valence-corrected chi connectivity index (χ4v) is 7.41. The lowest BCUT2D eigenvalue weighted by Gasteiger charge is -2.19. The molecule has 204 valence electrons. The van der Waals surface area contributed by atoms with Gasteiger partial charge >= 0.3 is 5.97 Å². The van der Waals surface area contributed by atoms with E-state index in [1.54, 1.807) is 4.57 Å². The average Bonchev–Trinajstić information content (AvgIpc) is 3.03.